The Hall–Kier alpha value is -2.82. The molecular weight excluding hydrogens is 242 g/mol. The molecule has 0 unspecified atom stereocenters. The van der Waals surface area contributed by atoms with Crippen molar-refractivity contribution in [3.8, 4) is 0 Å². The maximum Gasteiger partial charge on any atom is 0.363 e. The summed E-state index contributed by atoms with van der Waals surface area (Å²) in [7, 11) is 0. The summed E-state index contributed by atoms with van der Waals surface area (Å²) in [6.45, 7) is 0. The molecule has 0 saturated heterocycles. The highest BCUT2D eigenvalue weighted by molar-refractivity contribution is 6.12. The highest BCUT2D eigenvalue weighted by Crippen LogP contribution is 2.18. The molecule has 92 valence electrons. The van der Waals surface area contributed by atoms with E-state index in [2.05, 4.69) is 15.0 Å². The zero-order chi connectivity index (χ0) is 13.1. The number of aromatic nitrogens is 2. The van der Waals surface area contributed by atoms with Gasteiger partial charge in [-0.25, -0.2) is 9.79 Å². The average molecular weight is 251 g/mol. The second-order valence-corrected chi connectivity index (χ2v) is 3.86. The van der Waals surface area contributed by atoms with E-state index in [9.17, 15) is 4.79 Å². The van der Waals surface area contributed by atoms with E-state index in [1.807, 2.05) is 6.07 Å². The van der Waals surface area contributed by atoms with Crippen molar-refractivity contribution in [3.05, 3.63) is 65.9 Å². The van der Waals surface area contributed by atoms with Gasteiger partial charge in [0.2, 0.25) is 5.90 Å². The molecule has 0 radical (unpaired) electrons. The van der Waals surface area contributed by atoms with Gasteiger partial charge in [-0.1, -0.05) is 6.07 Å². The Morgan fingerprint density at radius 3 is 2.63 bits per heavy atom. The van der Waals surface area contributed by atoms with Crippen molar-refractivity contribution in [1.82, 2.24) is 9.97 Å². The lowest BCUT2D eigenvalue weighted by Gasteiger charge is -1.96. The van der Waals surface area contributed by atoms with Gasteiger partial charge in [0.1, 0.15) is 0 Å². The number of aliphatic imine (C=N–C) groups is 1. The van der Waals surface area contributed by atoms with Crippen LogP contribution in [0.1, 0.15) is 11.1 Å². The van der Waals surface area contributed by atoms with Crippen molar-refractivity contribution in [2.75, 3.05) is 0 Å². The van der Waals surface area contributed by atoms with E-state index in [4.69, 9.17) is 4.74 Å². The second kappa shape index (κ2) is 4.81. The molecule has 5 heteroatoms. The molecule has 0 atom stereocenters. The van der Waals surface area contributed by atoms with E-state index in [1.54, 1.807) is 49.1 Å². The maximum absolute atomic E-state index is 11.7. The van der Waals surface area contributed by atoms with E-state index < -0.39 is 5.97 Å². The van der Waals surface area contributed by atoms with Crippen LogP contribution in [-0.4, -0.2) is 21.8 Å². The van der Waals surface area contributed by atoms with Gasteiger partial charge in [0, 0.05) is 30.4 Å². The molecule has 3 heterocycles. The number of carbonyl (C=O) groups excluding carboxylic acids is 1. The van der Waals surface area contributed by atoms with Crippen molar-refractivity contribution >= 4 is 17.9 Å². The average Bonchev–Trinajstić information content (AvgIpc) is 2.82. The maximum atomic E-state index is 11.7. The Kier molecular flexibility index (Phi) is 2.86. The van der Waals surface area contributed by atoms with Crippen LogP contribution in [0, 0.1) is 0 Å². The van der Waals surface area contributed by atoms with Crippen LogP contribution in [0.4, 0.5) is 0 Å². The van der Waals surface area contributed by atoms with E-state index in [-0.39, 0.29) is 5.70 Å². The summed E-state index contributed by atoms with van der Waals surface area (Å²) >= 11 is 0. The number of carbonyl (C=O) groups is 1. The normalized spacial score (nSPS) is 16.3. The Balaban J connectivity index is 1.94. The third kappa shape index (κ3) is 2.40. The first-order valence-corrected chi connectivity index (χ1v) is 5.66. The molecule has 19 heavy (non-hydrogen) atoms. The molecule has 0 amide bonds. The minimum absolute atomic E-state index is 0.264. The van der Waals surface area contributed by atoms with Gasteiger partial charge in [0.15, 0.2) is 5.70 Å². The van der Waals surface area contributed by atoms with Gasteiger partial charge in [-0.3, -0.25) is 9.97 Å². The number of pyridine rings is 2. The Morgan fingerprint density at radius 2 is 1.89 bits per heavy atom. The predicted octanol–water partition coefficient (Wildman–Crippen LogP) is 1.82. The quantitative estimate of drug-likeness (QED) is 0.603. The van der Waals surface area contributed by atoms with Crippen molar-refractivity contribution in [1.29, 1.82) is 0 Å². The predicted molar refractivity (Wildman–Crippen MR) is 69.1 cm³/mol. The minimum Gasteiger partial charge on any atom is -0.402 e. The molecule has 0 saturated carbocycles. The first-order chi connectivity index (χ1) is 9.33. The van der Waals surface area contributed by atoms with Crippen molar-refractivity contribution in [2.45, 2.75) is 0 Å². The molecule has 0 aliphatic carbocycles. The van der Waals surface area contributed by atoms with Crippen molar-refractivity contribution in [2.24, 2.45) is 4.99 Å². The van der Waals surface area contributed by atoms with Crippen LogP contribution in [0.5, 0.6) is 0 Å². The van der Waals surface area contributed by atoms with Crippen molar-refractivity contribution in [3.63, 3.8) is 0 Å². The van der Waals surface area contributed by atoms with E-state index in [0.717, 1.165) is 11.1 Å². The fraction of sp³-hybridized carbons (Fsp3) is 0. The third-order valence-electron chi connectivity index (χ3n) is 2.54. The van der Waals surface area contributed by atoms with Gasteiger partial charge in [-0.2, -0.15) is 0 Å². The number of hydrogen-bond acceptors (Lipinski definition) is 5. The van der Waals surface area contributed by atoms with Gasteiger partial charge < -0.3 is 4.74 Å². The van der Waals surface area contributed by atoms with Crippen LogP contribution in [0.2, 0.25) is 0 Å². The summed E-state index contributed by atoms with van der Waals surface area (Å²) in [6.07, 6.45) is 8.20. The monoisotopic (exact) mass is 251 g/mol. The molecule has 0 spiro atoms. The summed E-state index contributed by atoms with van der Waals surface area (Å²) < 4.78 is 5.13. The number of hydrogen-bond donors (Lipinski definition) is 0. The van der Waals surface area contributed by atoms with Crippen LogP contribution >= 0.6 is 0 Å². The Morgan fingerprint density at radius 1 is 1.05 bits per heavy atom. The zero-order valence-electron chi connectivity index (χ0n) is 9.85. The number of cyclic esters (lactones) is 1. The van der Waals surface area contributed by atoms with Crippen molar-refractivity contribution < 1.29 is 9.53 Å². The lowest BCUT2D eigenvalue weighted by atomic mass is 10.2. The van der Waals surface area contributed by atoms with Gasteiger partial charge in [-0.05, 0) is 29.8 Å². The Labute approximate surface area is 109 Å². The largest absolute Gasteiger partial charge is 0.402 e. The molecule has 0 aromatic carbocycles. The third-order valence-corrected chi connectivity index (χ3v) is 2.54. The number of nitrogens with zero attached hydrogens (tertiary/aromatic N) is 3. The summed E-state index contributed by atoms with van der Waals surface area (Å²) in [6, 6.07) is 7.10. The van der Waals surface area contributed by atoms with Gasteiger partial charge in [-0.15, -0.1) is 0 Å². The van der Waals surface area contributed by atoms with Crippen LogP contribution in [-0.2, 0) is 9.53 Å². The lowest BCUT2D eigenvalue weighted by Crippen LogP contribution is -2.05. The van der Waals surface area contributed by atoms with Crippen LogP contribution in [0.15, 0.2) is 59.7 Å². The second-order valence-electron chi connectivity index (χ2n) is 3.86. The number of esters is 1. The fourth-order valence-electron chi connectivity index (χ4n) is 1.65. The summed E-state index contributed by atoms with van der Waals surface area (Å²) in [5, 5.41) is 0. The summed E-state index contributed by atoms with van der Waals surface area (Å²) in [4.78, 5) is 23.8. The Bertz CT molecular complexity index is 664. The summed E-state index contributed by atoms with van der Waals surface area (Å²) in [5.41, 5.74) is 1.78. The molecule has 1 aliphatic rings. The van der Waals surface area contributed by atoms with Gasteiger partial charge >= 0.3 is 5.97 Å². The van der Waals surface area contributed by atoms with Crippen LogP contribution in [0.3, 0.4) is 0 Å². The molecule has 0 fully saturated rings. The first kappa shape index (κ1) is 11.3. The highest BCUT2D eigenvalue weighted by atomic mass is 16.6. The van der Waals surface area contributed by atoms with Gasteiger partial charge in [0.05, 0.1) is 0 Å². The summed E-state index contributed by atoms with van der Waals surface area (Å²) in [5.74, 6) is -0.168. The fourth-order valence-corrected chi connectivity index (χ4v) is 1.65. The molecule has 5 nitrogen and oxygen atoms in total. The van der Waals surface area contributed by atoms with E-state index in [1.165, 1.54) is 0 Å². The number of ether oxygens (including phenoxy) is 1. The topological polar surface area (TPSA) is 64.4 Å². The molecule has 0 bridgehead atoms. The van der Waals surface area contributed by atoms with Crippen LogP contribution in [0.25, 0.3) is 6.08 Å². The molecule has 3 rings (SSSR count). The SMILES string of the molecule is O=C1OC(c2ccncc2)=N/C1=C/c1cccnc1. The first-order valence-electron chi connectivity index (χ1n) is 5.66. The van der Waals surface area contributed by atoms with Gasteiger partial charge in [0.25, 0.3) is 0 Å². The molecule has 1 aliphatic heterocycles. The molecule has 0 N–H and O–H groups in total. The lowest BCUT2D eigenvalue weighted by molar-refractivity contribution is -0.129. The molecular formula is C14H9N3O2. The zero-order valence-corrected chi connectivity index (χ0v) is 9.85. The van der Waals surface area contributed by atoms with E-state index >= 15 is 0 Å². The van der Waals surface area contributed by atoms with Crippen LogP contribution < -0.4 is 0 Å². The van der Waals surface area contributed by atoms with E-state index in [0.29, 0.717) is 5.90 Å². The molecule has 2 aromatic heterocycles. The smallest absolute Gasteiger partial charge is 0.363 e. The minimum atomic E-state index is -0.462. The molecule has 2 aromatic rings. The number of rotatable bonds is 2. The standard InChI is InChI=1S/C14H9N3O2/c18-14-12(8-10-2-1-5-16-9-10)17-13(19-14)11-3-6-15-7-4-11/h1-9H/b12-8+. The highest BCUT2D eigenvalue weighted by Gasteiger charge is 2.23.